The van der Waals surface area contributed by atoms with Gasteiger partial charge in [-0.15, -0.1) is 0 Å². The van der Waals surface area contributed by atoms with Crippen molar-refractivity contribution in [2.75, 3.05) is 33.2 Å². The molecule has 2 fully saturated rings. The lowest BCUT2D eigenvalue weighted by Gasteiger charge is -2.15. The standard InChI is InChI=1S/C27H29N5O4S2/c1-32(14-2-12-28-26-30-24(35)22(37-26)16-18-4-8-20(33)9-5-18)15-3-13-29-27-31-25(36)23(38-27)17-19-6-10-21(34)11-7-19/h4-11,16-17,33-34H,2-3,12-15H2,1H3,(H,28,30,35)(H,29,31,36)/b22-16-,23-17-. The van der Waals surface area contributed by atoms with E-state index in [-0.39, 0.29) is 23.3 Å². The van der Waals surface area contributed by atoms with Gasteiger partial charge in [-0.25, -0.2) is 0 Å². The maximum Gasteiger partial charge on any atom is 0.264 e. The molecule has 2 heterocycles. The van der Waals surface area contributed by atoms with Gasteiger partial charge in [-0.3, -0.25) is 19.6 Å². The number of carbonyl (C=O) groups excluding carboxylic acids is 2. The number of benzene rings is 2. The molecule has 4 rings (SSSR count). The monoisotopic (exact) mass is 551 g/mol. The maximum absolute atomic E-state index is 12.2. The number of thioether (sulfide) groups is 2. The minimum Gasteiger partial charge on any atom is -0.508 e. The molecule has 38 heavy (non-hydrogen) atoms. The van der Waals surface area contributed by atoms with Crippen LogP contribution in [-0.2, 0) is 9.59 Å². The molecule has 9 nitrogen and oxygen atoms in total. The molecule has 0 bridgehead atoms. The van der Waals surface area contributed by atoms with E-state index in [0.717, 1.165) is 37.1 Å². The average Bonchev–Trinajstić information content (AvgIpc) is 3.43. The van der Waals surface area contributed by atoms with Crippen molar-refractivity contribution in [1.29, 1.82) is 0 Å². The van der Waals surface area contributed by atoms with Crippen molar-refractivity contribution >= 4 is 57.8 Å². The number of phenolic OH excluding ortho intramolecular Hbond substituents is 2. The van der Waals surface area contributed by atoms with Crippen LogP contribution in [-0.4, -0.2) is 70.5 Å². The smallest absolute Gasteiger partial charge is 0.264 e. The number of nitrogens with zero attached hydrogens (tertiary/aromatic N) is 3. The molecule has 4 N–H and O–H groups in total. The molecule has 0 atom stereocenters. The van der Waals surface area contributed by atoms with Gasteiger partial charge in [0.2, 0.25) is 0 Å². The zero-order valence-corrected chi connectivity index (χ0v) is 22.5. The van der Waals surface area contributed by atoms with E-state index in [9.17, 15) is 19.8 Å². The number of rotatable bonds is 10. The lowest BCUT2D eigenvalue weighted by molar-refractivity contribution is -0.116. The van der Waals surface area contributed by atoms with E-state index >= 15 is 0 Å². The van der Waals surface area contributed by atoms with Crippen LogP contribution in [0.2, 0.25) is 0 Å². The van der Waals surface area contributed by atoms with Gasteiger partial charge in [-0.05, 0) is 104 Å². The summed E-state index contributed by atoms with van der Waals surface area (Å²) in [6, 6.07) is 13.4. The van der Waals surface area contributed by atoms with Crippen LogP contribution < -0.4 is 10.6 Å². The van der Waals surface area contributed by atoms with Crippen molar-refractivity contribution in [3.8, 4) is 11.5 Å². The van der Waals surface area contributed by atoms with E-state index < -0.39 is 0 Å². The van der Waals surface area contributed by atoms with Crippen LogP contribution in [0.4, 0.5) is 0 Å². The number of phenols is 2. The molecular formula is C27H29N5O4S2. The Morgan fingerprint density at radius 1 is 0.737 bits per heavy atom. The summed E-state index contributed by atoms with van der Waals surface area (Å²) in [7, 11) is 2.05. The Morgan fingerprint density at radius 2 is 1.13 bits per heavy atom. The first kappa shape index (κ1) is 27.5. The van der Waals surface area contributed by atoms with Crippen molar-refractivity contribution < 1.29 is 19.8 Å². The summed E-state index contributed by atoms with van der Waals surface area (Å²) in [6.07, 6.45) is 5.28. The van der Waals surface area contributed by atoms with Gasteiger partial charge in [-0.1, -0.05) is 24.3 Å². The summed E-state index contributed by atoms with van der Waals surface area (Å²) in [5, 5.41) is 25.6. The molecule has 198 valence electrons. The van der Waals surface area contributed by atoms with Crippen LogP contribution in [0.3, 0.4) is 0 Å². The molecule has 0 unspecified atom stereocenters. The topological polar surface area (TPSA) is 127 Å². The lowest BCUT2D eigenvalue weighted by atomic mass is 10.2. The van der Waals surface area contributed by atoms with E-state index in [1.807, 2.05) is 0 Å². The summed E-state index contributed by atoms with van der Waals surface area (Å²) < 4.78 is 0. The van der Waals surface area contributed by atoms with Crippen LogP contribution in [0.25, 0.3) is 12.2 Å². The number of hydrogen-bond donors (Lipinski definition) is 4. The lowest BCUT2D eigenvalue weighted by Crippen LogP contribution is -2.23. The third-order valence-electron chi connectivity index (χ3n) is 5.59. The van der Waals surface area contributed by atoms with Gasteiger partial charge >= 0.3 is 0 Å². The number of amidine groups is 2. The Balaban J connectivity index is 1.13. The quantitative estimate of drug-likeness (QED) is 0.262. The van der Waals surface area contributed by atoms with Gasteiger partial charge in [0.05, 0.1) is 9.81 Å². The Labute approximate surface area is 229 Å². The number of aliphatic imine (C=N–C) groups is 2. The van der Waals surface area contributed by atoms with Crippen LogP contribution in [0.15, 0.2) is 68.3 Å². The van der Waals surface area contributed by atoms with Gasteiger partial charge in [0.25, 0.3) is 11.8 Å². The highest BCUT2D eigenvalue weighted by molar-refractivity contribution is 8.19. The third-order valence-corrected chi connectivity index (χ3v) is 7.49. The predicted molar refractivity (Wildman–Crippen MR) is 155 cm³/mol. The van der Waals surface area contributed by atoms with Crippen molar-refractivity contribution in [2.24, 2.45) is 9.98 Å². The molecule has 0 aromatic heterocycles. The highest BCUT2D eigenvalue weighted by atomic mass is 32.2. The molecule has 0 spiro atoms. The van der Waals surface area contributed by atoms with Gasteiger partial charge < -0.3 is 25.7 Å². The van der Waals surface area contributed by atoms with E-state index in [2.05, 4.69) is 32.6 Å². The van der Waals surface area contributed by atoms with Crippen molar-refractivity contribution in [3.05, 3.63) is 69.5 Å². The molecule has 2 aromatic rings. The summed E-state index contributed by atoms with van der Waals surface area (Å²) in [4.78, 5) is 36.7. The number of carbonyl (C=O) groups is 2. The summed E-state index contributed by atoms with van der Waals surface area (Å²) in [5.74, 6) is 0.0404. The fraction of sp³-hybridized carbons (Fsp3) is 0.259. The SMILES string of the molecule is CN(CCCN=C1NC(=O)/C(=C/c2ccc(O)cc2)S1)CCCN=C1NC(=O)/C(=C/c2ccc(O)cc2)S1. The fourth-order valence-electron chi connectivity index (χ4n) is 3.60. The minimum absolute atomic E-state index is 0.167. The van der Waals surface area contributed by atoms with Crippen LogP contribution in [0, 0.1) is 0 Å². The first-order valence-electron chi connectivity index (χ1n) is 12.1. The largest absolute Gasteiger partial charge is 0.508 e. The second-order valence-electron chi connectivity index (χ2n) is 8.70. The number of aromatic hydroxyl groups is 2. The van der Waals surface area contributed by atoms with Crippen LogP contribution >= 0.6 is 23.5 Å². The molecule has 2 aliphatic heterocycles. The Bertz CT molecular complexity index is 1190. The molecule has 2 aliphatic rings. The highest BCUT2D eigenvalue weighted by Gasteiger charge is 2.24. The van der Waals surface area contributed by atoms with Gasteiger partial charge in [-0.2, -0.15) is 0 Å². The molecular weight excluding hydrogens is 522 g/mol. The Kier molecular flexibility index (Phi) is 9.63. The van der Waals surface area contributed by atoms with E-state index in [4.69, 9.17) is 0 Å². The molecule has 11 heteroatoms. The summed E-state index contributed by atoms with van der Waals surface area (Å²) in [6.45, 7) is 2.96. The molecule has 2 amide bonds. The molecule has 0 saturated carbocycles. The summed E-state index contributed by atoms with van der Waals surface area (Å²) >= 11 is 2.64. The van der Waals surface area contributed by atoms with Crippen molar-refractivity contribution in [3.63, 3.8) is 0 Å². The van der Waals surface area contributed by atoms with Gasteiger partial charge in [0.15, 0.2) is 10.3 Å². The minimum atomic E-state index is -0.167. The molecule has 0 aliphatic carbocycles. The molecule has 2 aromatic carbocycles. The molecule has 0 radical (unpaired) electrons. The zero-order chi connectivity index (χ0) is 26.9. The predicted octanol–water partition coefficient (Wildman–Crippen LogP) is 3.63. The van der Waals surface area contributed by atoms with Crippen LogP contribution in [0.5, 0.6) is 11.5 Å². The van der Waals surface area contributed by atoms with Crippen molar-refractivity contribution in [1.82, 2.24) is 15.5 Å². The van der Waals surface area contributed by atoms with E-state index in [1.54, 1.807) is 60.7 Å². The first-order chi connectivity index (χ1) is 18.4. The normalized spacial score (nSPS) is 19.7. The van der Waals surface area contributed by atoms with Gasteiger partial charge in [0.1, 0.15) is 11.5 Å². The van der Waals surface area contributed by atoms with E-state index in [0.29, 0.717) is 33.2 Å². The first-order valence-corrected chi connectivity index (χ1v) is 13.8. The average molecular weight is 552 g/mol. The Morgan fingerprint density at radius 3 is 1.53 bits per heavy atom. The van der Waals surface area contributed by atoms with Crippen LogP contribution in [0.1, 0.15) is 24.0 Å². The summed E-state index contributed by atoms with van der Waals surface area (Å²) in [5.41, 5.74) is 1.68. The Hall–Kier alpha value is -3.54. The number of hydrogen-bond acceptors (Lipinski definition) is 9. The van der Waals surface area contributed by atoms with Crippen molar-refractivity contribution in [2.45, 2.75) is 12.8 Å². The second kappa shape index (κ2) is 13.3. The fourth-order valence-corrected chi connectivity index (χ4v) is 5.29. The number of amides is 2. The third kappa shape index (κ3) is 8.23. The highest BCUT2D eigenvalue weighted by Crippen LogP contribution is 2.27. The maximum atomic E-state index is 12.2. The van der Waals surface area contributed by atoms with Gasteiger partial charge in [0, 0.05) is 13.1 Å². The second-order valence-corrected chi connectivity index (χ2v) is 10.8. The molecule has 2 saturated heterocycles. The van der Waals surface area contributed by atoms with E-state index in [1.165, 1.54) is 23.5 Å². The zero-order valence-electron chi connectivity index (χ0n) is 20.9. The number of nitrogens with one attached hydrogen (secondary N) is 2.